The first-order valence-electron chi connectivity index (χ1n) is 17.8. The molecule has 2 N–H and O–H groups in total. The molecule has 5 rings (SSSR count). The van der Waals surface area contributed by atoms with Gasteiger partial charge in [0.2, 0.25) is 5.78 Å². The van der Waals surface area contributed by atoms with E-state index >= 15 is 0 Å². The summed E-state index contributed by atoms with van der Waals surface area (Å²) in [7, 11) is 1.41. The van der Waals surface area contributed by atoms with Crippen LogP contribution in [0.25, 0.3) is 5.57 Å². The number of esters is 1. The number of unbranched alkanes of at least 4 members (excludes halogenated alkanes) is 4. The molecule has 0 aromatic heterocycles. The van der Waals surface area contributed by atoms with Crippen molar-refractivity contribution >= 4 is 34.7 Å². The third-order valence-corrected chi connectivity index (χ3v) is 9.26. The summed E-state index contributed by atoms with van der Waals surface area (Å²) < 4.78 is 7.02. The van der Waals surface area contributed by atoms with Crippen molar-refractivity contribution in [3.8, 4) is 0 Å². The maximum Gasteiger partial charge on any atom is 0.305 e. The van der Waals surface area contributed by atoms with E-state index in [0.717, 1.165) is 63.1 Å². The zero-order valence-electron chi connectivity index (χ0n) is 29.3. The van der Waals surface area contributed by atoms with Crippen molar-refractivity contribution in [2.45, 2.75) is 64.5 Å². The number of ketones is 1. The summed E-state index contributed by atoms with van der Waals surface area (Å²) in [4.78, 5) is 38.2. The average Bonchev–Trinajstić information content (AvgIpc) is 3.15. The van der Waals surface area contributed by atoms with Crippen molar-refractivity contribution in [1.29, 1.82) is 0 Å². The van der Waals surface area contributed by atoms with Crippen LogP contribution in [0.5, 0.6) is 0 Å². The first-order chi connectivity index (χ1) is 24.8. The van der Waals surface area contributed by atoms with Gasteiger partial charge in [0.1, 0.15) is 12.3 Å². The molecular formula is C43H47N2O6+. The lowest BCUT2D eigenvalue weighted by atomic mass is 9.80. The van der Waals surface area contributed by atoms with Crippen LogP contribution >= 0.6 is 0 Å². The standard InChI is InChI=1S/C43H46N2O6/c1-51-39(48)19-11-5-13-29-45(31-33-16-8-3-9-17-33)37-26-22-35(23-27-37)41-42(49)40(43(41)50)34-20-24-36(25-21-34)44(28-12-4-10-18-38(46)47)30-32-14-6-2-7-15-32/h2-3,6-9,14-17,20-27H,4-5,10-13,18-19,28-31H2,1H3,(H-,46,47,49,50)/p+1. The number of aliphatic hydroxyl groups excluding tert-OH is 1. The Morgan fingerprint density at radius 2 is 1.35 bits per heavy atom. The largest absolute Gasteiger partial charge is 0.506 e. The van der Waals surface area contributed by atoms with Crippen LogP contribution in [0, 0.1) is 0 Å². The molecule has 0 saturated heterocycles. The molecule has 0 heterocycles. The number of rotatable bonds is 18. The summed E-state index contributed by atoms with van der Waals surface area (Å²) >= 11 is 0. The molecule has 51 heavy (non-hydrogen) atoms. The molecule has 0 amide bonds. The number of aliphatic hydroxyl groups is 1. The van der Waals surface area contributed by atoms with Crippen molar-refractivity contribution in [1.82, 2.24) is 0 Å². The summed E-state index contributed by atoms with van der Waals surface area (Å²) in [5, 5.41) is 20.1. The van der Waals surface area contributed by atoms with E-state index in [1.165, 1.54) is 18.2 Å². The molecule has 264 valence electrons. The van der Waals surface area contributed by atoms with Gasteiger partial charge < -0.3 is 19.8 Å². The van der Waals surface area contributed by atoms with Crippen LogP contribution in [0.3, 0.4) is 0 Å². The minimum absolute atomic E-state index is 0.00631. The molecule has 0 unspecified atom stereocenters. The van der Waals surface area contributed by atoms with E-state index in [9.17, 15) is 19.5 Å². The lowest BCUT2D eigenvalue weighted by molar-refractivity contribution is -0.543. The number of carboxylic acids is 1. The summed E-state index contributed by atoms with van der Waals surface area (Å²) in [6.07, 6.45) is 13.3. The van der Waals surface area contributed by atoms with Gasteiger partial charge in [-0.05, 0) is 66.7 Å². The van der Waals surface area contributed by atoms with Gasteiger partial charge in [-0.3, -0.25) is 14.4 Å². The Balaban J connectivity index is 1.29. The van der Waals surface area contributed by atoms with Crippen molar-refractivity contribution in [2.75, 3.05) is 25.1 Å². The van der Waals surface area contributed by atoms with Gasteiger partial charge in [-0.1, -0.05) is 79.2 Å². The topological polar surface area (TPSA) is 107 Å². The molecule has 2 aliphatic carbocycles. The first kappa shape index (κ1) is 36.8. The number of ether oxygens (including phenoxy) is 1. The number of benzene rings is 3. The molecule has 0 fully saturated rings. The summed E-state index contributed by atoms with van der Waals surface area (Å²) in [6, 6.07) is 28.2. The minimum atomic E-state index is -0.769. The lowest BCUT2D eigenvalue weighted by Crippen LogP contribution is -2.25. The fourth-order valence-electron chi connectivity index (χ4n) is 6.43. The Bertz CT molecular complexity index is 1820. The number of methoxy groups -OCH3 is 1. The molecule has 0 aliphatic heterocycles. The van der Waals surface area contributed by atoms with Gasteiger partial charge in [-0.15, -0.1) is 0 Å². The Kier molecular flexibility index (Phi) is 13.3. The van der Waals surface area contributed by atoms with Crippen molar-refractivity contribution in [3.05, 3.63) is 143 Å². The normalized spacial score (nSPS) is 13.7. The van der Waals surface area contributed by atoms with E-state index < -0.39 is 5.97 Å². The Hall–Kier alpha value is -5.50. The number of anilines is 1. The molecule has 8 heteroatoms. The summed E-state index contributed by atoms with van der Waals surface area (Å²) in [5.41, 5.74) is 6.37. The highest BCUT2D eigenvalue weighted by molar-refractivity contribution is 6.39. The first-order valence-corrected chi connectivity index (χ1v) is 17.8. The molecule has 3 aromatic rings. The zero-order chi connectivity index (χ0) is 36.0. The highest BCUT2D eigenvalue weighted by Crippen LogP contribution is 2.39. The quantitative estimate of drug-likeness (QED) is 0.0604. The van der Waals surface area contributed by atoms with Crippen LogP contribution < -0.4 is 4.90 Å². The van der Waals surface area contributed by atoms with Crippen molar-refractivity contribution in [2.24, 2.45) is 0 Å². The number of carbonyl (C=O) groups is 3. The number of hydrogen-bond donors (Lipinski definition) is 2. The SMILES string of the molecule is COC(=O)CCCCCN(Cc1ccccc1)c1ccc(C2=C(O)C(=C3C=CC(=[N+](CCCCCC(=O)O)Cc4ccccc4)C=C3)C2=O)cc1. The fourth-order valence-corrected chi connectivity index (χ4v) is 6.43. The molecule has 0 bridgehead atoms. The van der Waals surface area contributed by atoms with E-state index in [-0.39, 0.29) is 23.9 Å². The van der Waals surface area contributed by atoms with Crippen LogP contribution in [0.15, 0.2) is 126 Å². The second-order valence-corrected chi connectivity index (χ2v) is 12.9. The monoisotopic (exact) mass is 687 g/mol. The van der Waals surface area contributed by atoms with Gasteiger partial charge in [0, 0.05) is 55.8 Å². The van der Waals surface area contributed by atoms with Gasteiger partial charge in [0.15, 0.2) is 12.3 Å². The Morgan fingerprint density at radius 3 is 1.98 bits per heavy atom. The summed E-state index contributed by atoms with van der Waals surface area (Å²) in [6.45, 7) is 3.01. The van der Waals surface area contributed by atoms with Gasteiger partial charge in [-0.2, -0.15) is 0 Å². The number of Topliss-reactive ketones (excluding diaryl/α,β-unsaturated/α-hetero) is 1. The van der Waals surface area contributed by atoms with Gasteiger partial charge in [0.05, 0.1) is 18.3 Å². The van der Waals surface area contributed by atoms with Crippen LogP contribution in [0.4, 0.5) is 5.69 Å². The van der Waals surface area contributed by atoms with Crippen molar-refractivity contribution < 1.29 is 33.9 Å². The van der Waals surface area contributed by atoms with E-state index in [2.05, 4.69) is 33.7 Å². The highest BCUT2D eigenvalue weighted by Gasteiger charge is 2.36. The van der Waals surface area contributed by atoms with Crippen LogP contribution in [-0.2, 0) is 32.2 Å². The third kappa shape index (κ3) is 10.3. The smallest absolute Gasteiger partial charge is 0.305 e. The predicted octanol–water partition coefficient (Wildman–Crippen LogP) is 8.00. The highest BCUT2D eigenvalue weighted by atomic mass is 16.5. The Morgan fingerprint density at radius 1 is 0.725 bits per heavy atom. The molecule has 3 aromatic carbocycles. The van der Waals surface area contributed by atoms with Crippen LogP contribution in [0.2, 0.25) is 0 Å². The second kappa shape index (κ2) is 18.5. The van der Waals surface area contributed by atoms with Gasteiger partial charge in [-0.25, -0.2) is 4.58 Å². The van der Waals surface area contributed by atoms with Crippen LogP contribution in [-0.4, -0.2) is 58.4 Å². The van der Waals surface area contributed by atoms with E-state index in [1.807, 2.05) is 85.0 Å². The third-order valence-electron chi connectivity index (χ3n) is 9.26. The zero-order valence-corrected chi connectivity index (χ0v) is 29.3. The average molecular weight is 688 g/mol. The maximum absolute atomic E-state index is 13.5. The van der Waals surface area contributed by atoms with Crippen LogP contribution in [0.1, 0.15) is 68.1 Å². The van der Waals surface area contributed by atoms with Crippen molar-refractivity contribution in [3.63, 3.8) is 0 Å². The predicted molar refractivity (Wildman–Crippen MR) is 201 cm³/mol. The number of hydrogen-bond acceptors (Lipinski definition) is 6. The Labute approximate surface area is 300 Å². The second-order valence-electron chi connectivity index (χ2n) is 12.9. The number of carbonyl (C=O) groups excluding carboxylic acids is 2. The molecule has 0 radical (unpaired) electrons. The van der Waals surface area contributed by atoms with Gasteiger partial charge >= 0.3 is 11.9 Å². The molecular weight excluding hydrogens is 640 g/mol. The maximum atomic E-state index is 13.5. The molecule has 0 spiro atoms. The van der Waals surface area contributed by atoms with E-state index in [4.69, 9.17) is 9.84 Å². The lowest BCUT2D eigenvalue weighted by Gasteiger charge is -2.27. The fraction of sp³-hybridized carbons (Fsp3) is 0.302. The summed E-state index contributed by atoms with van der Waals surface area (Å²) in [5.74, 6) is -1.13. The van der Waals surface area contributed by atoms with E-state index in [0.29, 0.717) is 41.7 Å². The molecule has 0 saturated carbocycles. The molecule has 2 aliphatic rings. The number of aliphatic carboxylic acids is 1. The number of allylic oxidation sites excluding steroid dienone is 7. The number of carboxylic acid groups (broad SMARTS) is 1. The molecule has 8 nitrogen and oxygen atoms in total. The molecule has 0 atom stereocenters. The number of nitrogens with zero attached hydrogens (tertiary/aromatic N) is 2. The van der Waals surface area contributed by atoms with Gasteiger partial charge in [0.25, 0.3) is 0 Å². The van der Waals surface area contributed by atoms with E-state index in [1.54, 1.807) is 0 Å². The minimum Gasteiger partial charge on any atom is -0.506 e.